The molecule has 0 N–H and O–H groups in total. The number of carbonyl (C=O) groups excluding carboxylic acids is 1. The molecule has 0 fully saturated rings. The van der Waals surface area contributed by atoms with E-state index in [0.717, 1.165) is 23.4 Å². The van der Waals surface area contributed by atoms with E-state index in [-0.39, 0.29) is 5.91 Å². The summed E-state index contributed by atoms with van der Waals surface area (Å²) in [6, 6.07) is 8.90. The maximum Gasteiger partial charge on any atom is 0.263 e. The van der Waals surface area contributed by atoms with Crippen LogP contribution < -0.4 is 14.4 Å². The molecule has 3 rings (SSSR count). The Hall–Kier alpha value is -3.00. The number of hydrogen-bond donors (Lipinski definition) is 0. The fraction of sp³-hybridized carbons (Fsp3) is 0.300. The van der Waals surface area contributed by atoms with Gasteiger partial charge < -0.3 is 9.47 Å². The zero-order chi connectivity index (χ0) is 19.9. The molecule has 8 heteroatoms. The van der Waals surface area contributed by atoms with Gasteiger partial charge in [-0.1, -0.05) is 24.7 Å². The molecule has 3 aromatic rings. The number of hydrogen-bond acceptors (Lipinski definition) is 7. The Balaban J connectivity index is 1.94. The van der Waals surface area contributed by atoms with E-state index in [1.54, 1.807) is 42.6 Å². The Bertz CT molecular complexity index is 930. The van der Waals surface area contributed by atoms with Crippen molar-refractivity contribution in [2.24, 2.45) is 0 Å². The molecular weight excluding hydrogens is 376 g/mol. The summed E-state index contributed by atoms with van der Waals surface area (Å²) >= 11 is 1.38. The van der Waals surface area contributed by atoms with E-state index < -0.39 is 0 Å². The number of unbranched alkanes of at least 4 members (excludes halogenated alkanes) is 1. The van der Waals surface area contributed by atoms with Crippen LogP contribution in [-0.2, 0) is 0 Å². The summed E-state index contributed by atoms with van der Waals surface area (Å²) in [4.78, 5) is 19.0. The highest BCUT2D eigenvalue weighted by Crippen LogP contribution is 2.32. The summed E-state index contributed by atoms with van der Waals surface area (Å²) in [7, 11) is 3.11. The Morgan fingerprint density at radius 3 is 2.57 bits per heavy atom. The van der Waals surface area contributed by atoms with Crippen LogP contribution in [0, 0.1) is 0 Å². The number of benzene rings is 1. The Morgan fingerprint density at radius 2 is 1.89 bits per heavy atom. The smallest absolute Gasteiger partial charge is 0.263 e. The lowest BCUT2D eigenvalue weighted by atomic mass is 10.1. The van der Waals surface area contributed by atoms with Crippen molar-refractivity contribution in [2.75, 3.05) is 25.7 Å². The summed E-state index contributed by atoms with van der Waals surface area (Å²) in [6.45, 7) is 2.63. The van der Waals surface area contributed by atoms with Crippen LogP contribution in [0.1, 0.15) is 30.1 Å². The number of rotatable bonds is 8. The van der Waals surface area contributed by atoms with Crippen molar-refractivity contribution < 1.29 is 14.3 Å². The standard InChI is InChI=1S/C20H22N4O3S/c1-4-5-12-24(19(25)16-7-6-15(26-2)13-17(16)27-3)20-23-22-18(28-20)14-8-10-21-11-9-14/h6-11,13H,4-5,12H2,1-3H3. The molecule has 0 unspecified atom stereocenters. The second kappa shape index (κ2) is 9.27. The highest BCUT2D eigenvalue weighted by atomic mass is 32.1. The fourth-order valence-electron chi connectivity index (χ4n) is 2.66. The van der Waals surface area contributed by atoms with Crippen LogP contribution in [0.15, 0.2) is 42.7 Å². The SMILES string of the molecule is CCCCN(C(=O)c1ccc(OC)cc1OC)c1nnc(-c2ccncc2)s1. The van der Waals surface area contributed by atoms with Crippen LogP contribution in [0.4, 0.5) is 5.13 Å². The predicted octanol–water partition coefficient (Wildman–Crippen LogP) is 4.06. The van der Waals surface area contributed by atoms with Gasteiger partial charge >= 0.3 is 0 Å². The van der Waals surface area contributed by atoms with Gasteiger partial charge in [0, 0.05) is 30.6 Å². The molecule has 2 aromatic heterocycles. The van der Waals surface area contributed by atoms with Crippen LogP contribution in [0.5, 0.6) is 11.5 Å². The number of carbonyl (C=O) groups is 1. The minimum absolute atomic E-state index is 0.176. The van der Waals surface area contributed by atoms with Crippen molar-refractivity contribution in [1.29, 1.82) is 0 Å². The van der Waals surface area contributed by atoms with Crippen LogP contribution in [0.2, 0.25) is 0 Å². The number of ether oxygens (including phenoxy) is 2. The second-order valence-corrected chi connectivity index (χ2v) is 6.96. The van der Waals surface area contributed by atoms with Crippen molar-refractivity contribution >= 4 is 22.4 Å². The quantitative estimate of drug-likeness (QED) is 0.569. The first kappa shape index (κ1) is 19.8. The molecular formula is C20H22N4O3S. The molecule has 7 nitrogen and oxygen atoms in total. The third-order valence-corrected chi connectivity index (χ3v) is 5.19. The lowest BCUT2D eigenvalue weighted by Gasteiger charge is -2.20. The zero-order valence-electron chi connectivity index (χ0n) is 16.1. The zero-order valence-corrected chi connectivity index (χ0v) is 16.9. The molecule has 0 aliphatic heterocycles. The Kier molecular flexibility index (Phi) is 6.54. The molecule has 146 valence electrons. The van der Waals surface area contributed by atoms with Crippen molar-refractivity contribution in [2.45, 2.75) is 19.8 Å². The molecule has 1 amide bonds. The summed E-state index contributed by atoms with van der Waals surface area (Å²) < 4.78 is 10.6. The van der Waals surface area contributed by atoms with Crippen molar-refractivity contribution in [3.8, 4) is 22.1 Å². The highest BCUT2D eigenvalue weighted by molar-refractivity contribution is 7.18. The number of aromatic nitrogens is 3. The highest BCUT2D eigenvalue weighted by Gasteiger charge is 2.24. The van der Waals surface area contributed by atoms with Crippen molar-refractivity contribution in [3.05, 3.63) is 48.3 Å². The summed E-state index contributed by atoms with van der Waals surface area (Å²) in [5.74, 6) is 0.916. The van der Waals surface area contributed by atoms with Gasteiger partial charge in [-0.25, -0.2) is 0 Å². The summed E-state index contributed by atoms with van der Waals surface area (Å²) in [5.41, 5.74) is 1.38. The van der Waals surface area contributed by atoms with Gasteiger partial charge in [0.25, 0.3) is 5.91 Å². The van der Waals surface area contributed by atoms with Crippen LogP contribution in [0.25, 0.3) is 10.6 Å². The van der Waals surface area contributed by atoms with Gasteiger partial charge in [-0.05, 0) is 30.7 Å². The monoisotopic (exact) mass is 398 g/mol. The molecule has 2 heterocycles. The van der Waals surface area contributed by atoms with Gasteiger partial charge in [0.05, 0.1) is 19.8 Å². The molecule has 0 saturated carbocycles. The minimum atomic E-state index is -0.176. The van der Waals surface area contributed by atoms with Gasteiger partial charge in [0.15, 0.2) is 0 Å². The molecule has 0 bridgehead atoms. The van der Waals surface area contributed by atoms with E-state index in [9.17, 15) is 4.79 Å². The molecule has 0 saturated heterocycles. The first-order chi connectivity index (χ1) is 13.7. The maximum absolute atomic E-state index is 13.3. The maximum atomic E-state index is 13.3. The number of anilines is 1. The van der Waals surface area contributed by atoms with E-state index >= 15 is 0 Å². The van der Waals surface area contributed by atoms with Crippen molar-refractivity contribution in [3.63, 3.8) is 0 Å². The van der Waals surface area contributed by atoms with Crippen molar-refractivity contribution in [1.82, 2.24) is 15.2 Å². The Morgan fingerprint density at radius 1 is 1.11 bits per heavy atom. The molecule has 0 aliphatic rings. The summed E-state index contributed by atoms with van der Waals surface area (Å²) in [6.07, 6.45) is 5.23. The van der Waals surface area contributed by atoms with E-state index in [1.165, 1.54) is 18.4 Å². The largest absolute Gasteiger partial charge is 0.497 e. The van der Waals surface area contributed by atoms with Gasteiger partial charge in [-0.2, -0.15) is 0 Å². The average Bonchev–Trinajstić information content (AvgIpc) is 3.24. The predicted molar refractivity (Wildman–Crippen MR) is 109 cm³/mol. The fourth-order valence-corrected chi connectivity index (χ4v) is 3.53. The van der Waals surface area contributed by atoms with Crippen LogP contribution in [0.3, 0.4) is 0 Å². The molecule has 0 spiro atoms. The lowest BCUT2D eigenvalue weighted by Crippen LogP contribution is -2.32. The van der Waals surface area contributed by atoms with E-state index in [1.807, 2.05) is 12.1 Å². The average molecular weight is 398 g/mol. The Labute approximate surface area is 168 Å². The molecule has 0 atom stereocenters. The van der Waals surface area contributed by atoms with E-state index in [0.29, 0.717) is 28.7 Å². The molecule has 0 aliphatic carbocycles. The minimum Gasteiger partial charge on any atom is -0.497 e. The first-order valence-electron chi connectivity index (χ1n) is 8.95. The first-order valence-corrected chi connectivity index (χ1v) is 9.77. The number of nitrogens with zero attached hydrogens (tertiary/aromatic N) is 4. The second-order valence-electron chi connectivity index (χ2n) is 6.00. The topological polar surface area (TPSA) is 77.4 Å². The van der Waals surface area contributed by atoms with E-state index in [4.69, 9.17) is 9.47 Å². The normalized spacial score (nSPS) is 10.5. The number of methoxy groups -OCH3 is 2. The summed E-state index contributed by atoms with van der Waals surface area (Å²) in [5, 5.41) is 9.83. The van der Waals surface area contributed by atoms with Gasteiger partial charge in [0.1, 0.15) is 16.5 Å². The lowest BCUT2D eigenvalue weighted by molar-refractivity contribution is 0.0983. The molecule has 28 heavy (non-hydrogen) atoms. The number of amides is 1. The van der Waals surface area contributed by atoms with Gasteiger partial charge in [-0.3, -0.25) is 14.7 Å². The van der Waals surface area contributed by atoms with Crippen LogP contribution >= 0.6 is 11.3 Å². The number of pyridine rings is 1. The van der Waals surface area contributed by atoms with Gasteiger partial charge in [-0.15, -0.1) is 10.2 Å². The van der Waals surface area contributed by atoms with Gasteiger partial charge in [0.2, 0.25) is 5.13 Å². The molecule has 0 radical (unpaired) electrons. The van der Waals surface area contributed by atoms with E-state index in [2.05, 4.69) is 22.1 Å². The third kappa shape index (κ3) is 4.28. The van der Waals surface area contributed by atoms with Crippen LogP contribution in [-0.4, -0.2) is 41.9 Å². The third-order valence-electron chi connectivity index (χ3n) is 4.19. The molecule has 1 aromatic carbocycles.